The van der Waals surface area contributed by atoms with E-state index in [0.717, 1.165) is 16.2 Å². The highest BCUT2D eigenvalue weighted by Gasteiger charge is 2.53. The molecule has 1 aromatic rings. The number of nitrogens with one attached hydrogen (secondary N) is 2. The van der Waals surface area contributed by atoms with Crippen molar-refractivity contribution in [1.29, 1.82) is 0 Å². The fourth-order valence-corrected chi connectivity index (χ4v) is 4.39. The first-order chi connectivity index (χ1) is 13.0. The normalized spacial score (nSPS) is 21.5. The van der Waals surface area contributed by atoms with E-state index in [1.807, 2.05) is 0 Å². The molecule has 142 valence electrons. The minimum Gasteiger partial charge on any atom is -0.477 e. The number of nitrogens with zero attached hydrogens (tertiary/aromatic N) is 3. The van der Waals surface area contributed by atoms with Crippen molar-refractivity contribution in [1.82, 2.24) is 15.2 Å². The van der Waals surface area contributed by atoms with E-state index in [-0.39, 0.29) is 22.2 Å². The number of rotatable bonds is 7. The van der Waals surface area contributed by atoms with E-state index in [9.17, 15) is 19.2 Å². The second kappa shape index (κ2) is 7.75. The smallest absolute Gasteiger partial charge is 0.352 e. The van der Waals surface area contributed by atoms with Gasteiger partial charge in [-0.3, -0.25) is 19.3 Å². The van der Waals surface area contributed by atoms with Crippen LogP contribution >= 0.6 is 23.1 Å². The Labute approximate surface area is 160 Å². The maximum atomic E-state index is 12.6. The van der Waals surface area contributed by atoms with Crippen molar-refractivity contribution in [2.24, 2.45) is 5.16 Å². The molecule has 13 heteroatoms. The molecular weight excluding hydrogens is 398 g/mol. The Kier molecular flexibility index (Phi) is 5.41. The van der Waals surface area contributed by atoms with Crippen LogP contribution < -0.4 is 10.6 Å². The van der Waals surface area contributed by atoms with E-state index in [1.165, 1.54) is 30.3 Å². The fourth-order valence-electron chi connectivity index (χ4n) is 2.54. The number of aliphatic carboxylic acids is 1. The molecule has 1 unspecified atom stereocenters. The summed E-state index contributed by atoms with van der Waals surface area (Å²) in [6, 6.07) is -0.890. The van der Waals surface area contributed by atoms with Crippen LogP contribution in [0.4, 0.5) is 5.13 Å². The first-order valence-corrected chi connectivity index (χ1v) is 9.37. The van der Waals surface area contributed by atoms with Gasteiger partial charge in [0.25, 0.3) is 11.8 Å². The maximum Gasteiger partial charge on any atom is 0.352 e. The lowest BCUT2D eigenvalue weighted by molar-refractivity contribution is -0.150. The second-order valence-electron chi connectivity index (χ2n) is 5.20. The van der Waals surface area contributed by atoms with Crippen LogP contribution in [0.25, 0.3) is 0 Å². The molecule has 1 aromatic heterocycles. The SMILES string of the molecule is CO/N=C(\C(=O)NC1C(=O)N2C(C(=O)O)=CCS[C@H]12)c1csc(NC=O)n1. The van der Waals surface area contributed by atoms with Gasteiger partial charge in [-0.05, 0) is 6.08 Å². The van der Waals surface area contributed by atoms with Gasteiger partial charge in [0.15, 0.2) is 10.8 Å². The lowest BCUT2D eigenvalue weighted by Gasteiger charge is -2.48. The van der Waals surface area contributed by atoms with Crippen LogP contribution in [0, 0.1) is 0 Å². The van der Waals surface area contributed by atoms with Crippen LogP contribution in [0.1, 0.15) is 5.69 Å². The number of thioether (sulfide) groups is 1. The lowest BCUT2D eigenvalue weighted by Crippen LogP contribution is -2.70. The zero-order valence-corrected chi connectivity index (χ0v) is 15.4. The number of fused-ring (bicyclic) bond motifs is 1. The Morgan fingerprint density at radius 3 is 2.96 bits per heavy atom. The molecular formula is C14H13N5O6S2. The summed E-state index contributed by atoms with van der Waals surface area (Å²) in [4.78, 5) is 56.5. The summed E-state index contributed by atoms with van der Waals surface area (Å²) in [5, 5.41) is 19.0. The number of hydrogen-bond acceptors (Lipinski definition) is 9. The average molecular weight is 411 g/mol. The molecule has 1 fully saturated rings. The predicted molar refractivity (Wildman–Crippen MR) is 96.1 cm³/mol. The summed E-state index contributed by atoms with van der Waals surface area (Å²) in [5.41, 5.74) is -0.104. The van der Waals surface area contributed by atoms with E-state index >= 15 is 0 Å². The number of thiazole rings is 1. The Morgan fingerprint density at radius 2 is 2.30 bits per heavy atom. The monoisotopic (exact) mass is 411 g/mol. The third-order valence-electron chi connectivity index (χ3n) is 3.68. The minimum absolute atomic E-state index is 0.0934. The number of amides is 3. The summed E-state index contributed by atoms with van der Waals surface area (Å²) in [6.45, 7) is 0. The summed E-state index contributed by atoms with van der Waals surface area (Å²) < 4.78 is 0. The molecule has 3 amide bonds. The van der Waals surface area contributed by atoms with Crippen molar-refractivity contribution in [2.45, 2.75) is 11.4 Å². The molecule has 3 N–H and O–H groups in total. The van der Waals surface area contributed by atoms with Gasteiger partial charge < -0.3 is 20.6 Å². The average Bonchev–Trinajstić information content (AvgIpc) is 3.11. The van der Waals surface area contributed by atoms with E-state index < -0.39 is 29.2 Å². The minimum atomic E-state index is -1.20. The summed E-state index contributed by atoms with van der Waals surface area (Å²) in [7, 11) is 1.25. The van der Waals surface area contributed by atoms with Crippen molar-refractivity contribution in [3.8, 4) is 0 Å². The zero-order chi connectivity index (χ0) is 19.6. The van der Waals surface area contributed by atoms with Crippen molar-refractivity contribution < 1.29 is 29.1 Å². The lowest BCUT2D eigenvalue weighted by atomic mass is 10.0. The molecule has 0 aromatic carbocycles. The molecule has 0 spiro atoms. The number of aromatic nitrogens is 1. The first kappa shape index (κ1) is 18.8. The van der Waals surface area contributed by atoms with E-state index in [1.54, 1.807) is 0 Å². The topological polar surface area (TPSA) is 150 Å². The molecule has 0 saturated carbocycles. The number of oxime groups is 1. The molecule has 0 aliphatic carbocycles. The van der Waals surface area contributed by atoms with Gasteiger partial charge in [0, 0.05) is 11.1 Å². The molecule has 0 bridgehead atoms. The van der Waals surface area contributed by atoms with Crippen LogP contribution in [0.5, 0.6) is 0 Å². The Hall–Kier alpha value is -2.93. The third-order valence-corrected chi connectivity index (χ3v) is 5.64. The van der Waals surface area contributed by atoms with Crippen LogP contribution in [0.2, 0.25) is 0 Å². The first-order valence-electron chi connectivity index (χ1n) is 7.44. The van der Waals surface area contributed by atoms with Crippen molar-refractivity contribution in [2.75, 3.05) is 18.2 Å². The van der Waals surface area contributed by atoms with Gasteiger partial charge in [-0.2, -0.15) is 0 Å². The van der Waals surface area contributed by atoms with Gasteiger partial charge >= 0.3 is 5.97 Å². The van der Waals surface area contributed by atoms with Gasteiger partial charge in [-0.1, -0.05) is 5.16 Å². The van der Waals surface area contributed by atoms with Crippen molar-refractivity contribution >= 4 is 58.1 Å². The van der Waals surface area contributed by atoms with Gasteiger partial charge in [-0.15, -0.1) is 23.1 Å². The van der Waals surface area contributed by atoms with Gasteiger partial charge in [-0.25, -0.2) is 9.78 Å². The second-order valence-corrected chi connectivity index (χ2v) is 7.21. The van der Waals surface area contributed by atoms with Crippen molar-refractivity contribution in [3.05, 3.63) is 22.8 Å². The molecule has 0 radical (unpaired) electrons. The molecule has 27 heavy (non-hydrogen) atoms. The number of anilines is 1. The molecule has 11 nitrogen and oxygen atoms in total. The third kappa shape index (κ3) is 3.50. The number of carbonyl (C=O) groups excluding carboxylic acids is 3. The van der Waals surface area contributed by atoms with Crippen LogP contribution in [-0.4, -0.2) is 69.2 Å². The summed E-state index contributed by atoms with van der Waals surface area (Å²) >= 11 is 2.42. The van der Waals surface area contributed by atoms with Gasteiger partial charge in [0.1, 0.15) is 29.9 Å². The quantitative estimate of drug-likeness (QED) is 0.234. The highest BCUT2D eigenvalue weighted by Crippen LogP contribution is 2.37. The van der Waals surface area contributed by atoms with Crippen molar-refractivity contribution in [3.63, 3.8) is 0 Å². The van der Waals surface area contributed by atoms with E-state index in [0.29, 0.717) is 12.2 Å². The molecule has 2 atom stereocenters. The molecule has 2 aliphatic rings. The maximum absolute atomic E-state index is 12.6. The predicted octanol–water partition coefficient (Wildman–Crippen LogP) is -0.570. The van der Waals surface area contributed by atoms with E-state index in [4.69, 9.17) is 5.11 Å². The van der Waals surface area contributed by atoms with Gasteiger partial charge in [0.2, 0.25) is 6.41 Å². The van der Waals surface area contributed by atoms with Crippen LogP contribution in [-0.2, 0) is 24.0 Å². The highest BCUT2D eigenvalue weighted by molar-refractivity contribution is 8.00. The summed E-state index contributed by atoms with van der Waals surface area (Å²) in [5.74, 6) is -2.01. The zero-order valence-electron chi connectivity index (χ0n) is 13.7. The summed E-state index contributed by atoms with van der Waals surface area (Å²) in [6.07, 6.45) is 1.90. The van der Waals surface area contributed by atoms with E-state index in [2.05, 4.69) is 25.6 Å². The largest absolute Gasteiger partial charge is 0.477 e. The van der Waals surface area contributed by atoms with Gasteiger partial charge in [0.05, 0.1) is 0 Å². The molecule has 2 aliphatic heterocycles. The Morgan fingerprint density at radius 1 is 1.52 bits per heavy atom. The Balaban J connectivity index is 1.74. The number of carbonyl (C=O) groups is 4. The molecule has 3 rings (SSSR count). The van der Waals surface area contributed by atoms with Crippen LogP contribution in [0.15, 0.2) is 22.3 Å². The highest BCUT2D eigenvalue weighted by atomic mass is 32.2. The van der Waals surface area contributed by atoms with Crippen LogP contribution in [0.3, 0.4) is 0 Å². The number of β-lactam (4-membered cyclic amide) rings is 1. The fraction of sp³-hybridized carbons (Fsp3) is 0.286. The number of carboxylic acids is 1. The number of hydrogen-bond donors (Lipinski definition) is 3. The Bertz CT molecular complexity index is 866. The number of carboxylic acid groups (broad SMARTS) is 1. The molecule has 3 heterocycles. The standard InChI is InChI=1S/C14H13N5O6S2/c1-25-18-8(6-4-27-14(16-6)15-5-20)10(21)17-9-11(22)19-7(13(23)24)2-3-26-12(9)19/h2,4-5,9,12H,3H2,1H3,(H,17,21)(H,23,24)(H,15,16,20)/b18-8-/t9?,12-/m1/s1. The molecule has 1 saturated heterocycles.